The second-order valence-electron chi connectivity index (χ2n) is 3.97. The van der Waals surface area contributed by atoms with E-state index in [1.165, 1.54) is 0 Å². The van der Waals surface area contributed by atoms with Gasteiger partial charge in [0.15, 0.2) is 11.6 Å². The molecule has 78 valence electrons. The van der Waals surface area contributed by atoms with Crippen molar-refractivity contribution in [2.75, 3.05) is 0 Å². The molecule has 2 aromatic rings. The molecule has 0 amide bonds. The lowest BCUT2D eigenvalue weighted by molar-refractivity contribution is 0.0980. The number of carbonyl (C=O) groups is 2. The Morgan fingerprint density at radius 3 is 2.00 bits per heavy atom. The molecule has 1 aliphatic carbocycles. The minimum atomic E-state index is -0.173. The second kappa shape index (κ2) is 3.42. The molecular formula is C14H7BO2. The summed E-state index contributed by atoms with van der Waals surface area (Å²) >= 11 is 0. The van der Waals surface area contributed by atoms with Crippen molar-refractivity contribution < 1.29 is 9.59 Å². The molecule has 0 aliphatic heterocycles. The van der Waals surface area contributed by atoms with Gasteiger partial charge in [-0.05, 0) is 0 Å². The fourth-order valence-electron chi connectivity index (χ4n) is 2.17. The van der Waals surface area contributed by atoms with Crippen LogP contribution in [0.2, 0.25) is 0 Å². The molecule has 0 atom stereocenters. The summed E-state index contributed by atoms with van der Waals surface area (Å²) in [4.78, 5) is 24.4. The fourth-order valence-corrected chi connectivity index (χ4v) is 2.17. The van der Waals surface area contributed by atoms with Crippen molar-refractivity contribution in [3.63, 3.8) is 0 Å². The summed E-state index contributed by atoms with van der Waals surface area (Å²) in [7, 11) is 5.78. The second-order valence-corrected chi connectivity index (χ2v) is 3.97. The van der Waals surface area contributed by atoms with Gasteiger partial charge >= 0.3 is 0 Å². The Balaban J connectivity index is 2.37. The summed E-state index contributed by atoms with van der Waals surface area (Å²) in [5.74, 6) is -0.309. The number of hydrogen-bond acceptors (Lipinski definition) is 2. The highest BCUT2D eigenvalue weighted by molar-refractivity contribution is 6.41. The third kappa shape index (κ3) is 1.29. The zero-order chi connectivity index (χ0) is 12.0. The normalized spacial score (nSPS) is 13.2. The van der Waals surface area contributed by atoms with Crippen LogP contribution in [0.15, 0.2) is 42.5 Å². The first-order chi connectivity index (χ1) is 8.20. The molecule has 2 aromatic carbocycles. The predicted octanol–water partition coefficient (Wildman–Crippen LogP) is 1.26. The summed E-state index contributed by atoms with van der Waals surface area (Å²) in [5.41, 5.74) is 1.97. The first-order valence-corrected chi connectivity index (χ1v) is 5.27. The molecule has 0 saturated heterocycles. The van der Waals surface area contributed by atoms with Crippen molar-refractivity contribution in [3.8, 4) is 0 Å². The van der Waals surface area contributed by atoms with E-state index >= 15 is 0 Å². The first kappa shape index (κ1) is 10.0. The zero-order valence-electron chi connectivity index (χ0n) is 8.94. The monoisotopic (exact) mass is 218 g/mol. The van der Waals surface area contributed by atoms with Crippen LogP contribution >= 0.6 is 0 Å². The maximum atomic E-state index is 12.2. The van der Waals surface area contributed by atoms with E-state index in [0.29, 0.717) is 27.7 Å². The molecule has 2 nitrogen and oxygen atoms in total. The van der Waals surface area contributed by atoms with Crippen molar-refractivity contribution in [1.29, 1.82) is 0 Å². The van der Waals surface area contributed by atoms with E-state index in [1.54, 1.807) is 42.5 Å². The highest BCUT2D eigenvalue weighted by Crippen LogP contribution is 2.25. The number of rotatable bonds is 0. The molecule has 0 fully saturated rings. The van der Waals surface area contributed by atoms with Crippen LogP contribution in [0.1, 0.15) is 31.8 Å². The van der Waals surface area contributed by atoms with Gasteiger partial charge in [0.1, 0.15) is 7.85 Å². The molecule has 0 spiro atoms. The molecule has 3 rings (SSSR count). The molecule has 0 bridgehead atoms. The van der Waals surface area contributed by atoms with Crippen LogP contribution in [-0.2, 0) is 0 Å². The Labute approximate surface area is 99.7 Å². The lowest BCUT2D eigenvalue weighted by Gasteiger charge is -2.18. The molecular weight excluding hydrogens is 211 g/mol. The molecule has 0 unspecified atom stereocenters. The van der Waals surface area contributed by atoms with Crippen LogP contribution in [0.25, 0.3) is 0 Å². The van der Waals surface area contributed by atoms with Crippen LogP contribution in [0.4, 0.5) is 0 Å². The Bertz CT molecular complexity index is 659. The van der Waals surface area contributed by atoms with Crippen LogP contribution in [0, 0.1) is 0 Å². The van der Waals surface area contributed by atoms with Crippen molar-refractivity contribution in [3.05, 3.63) is 64.7 Å². The van der Waals surface area contributed by atoms with E-state index in [2.05, 4.69) is 0 Å². The van der Waals surface area contributed by atoms with Crippen molar-refractivity contribution in [2.45, 2.75) is 0 Å². The van der Waals surface area contributed by atoms with Gasteiger partial charge in [-0.1, -0.05) is 47.9 Å². The topological polar surface area (TPSA) is 34.1 Å². The van der Waals surface area contributed by atoms with Gasteiger partial charge < -0.3 is 0 Å². The summed E-state index contributed by atoms with van der Waals surface area (Å²) < 4.78 is 0. The highest BCUT2D eigenvalue weighted by Gasteiger charge is 2.29. The van der Waals surface area contributed by atoms with Gasteiger partial charge in [0.05, 0.1) is 0 Å². The molecule has 17 heavy (non-hydrogen) atoms. The standard InChI is InChI=1S/C14H7BO2/c15-11-7-3-6-10-12(11)14(17)9-5-2-1-4-8(9)13(10)16/h1-7H. The Morgan fingerprint density at radius 1 is 0.706 bits per heavy atom. The molecule has 3 heteroatoms. The summed E-state index contributed by atoms with van der Waals surface area (Å²) in [6.45, 7) is 0. The molecule has 1 aliphatic rings. The van der Waals surface area contributed by atoms with Crippen LogP contribution in [0.3, 0.4) is 0 Å². The molecule has 2 radical (unpaired) electrons. The van der Waals surface area contributed by atoms with E-state index in [4.69, 9.17) is 7.85 Å². The van der Waals surface area contributed by atoms with Gasteiger partial charge in [-0.3, -0.25) is 9.59 Å². The van der Waals surface area contributed by atoms with Gasteiger partial charge in [-0.15, -0.1) is 0 Å². The van der Waals surface area contributed by atoms with Crippen LogP contribution in [0.5, 0.6) is 0 Å². The lowest BCUT2D eigenvalue weighted by Crippen LogP contribution is -2.27. The predicted molar refractivity (Wildman–Crippen MR) is 65.1 cm³/mol. The summed E-state index contributed by atoms with van der Waals surface area (Å²) in [6, 6.07) is 11.8. The van der Waals surface area contributed by atoms with Gasteiger partial charge in [0, 0.05) is 22.3 Å². The Kier molecular flexibility index (Phi) is 2.02. The average molecular weight is 218 g/mol. The SMILES string of the molecule is [B]c1cccc2c1C(=O)c1ccccc1C2=O. The summed E-state index contributed by atoms with van der Waals surface area (Å²) in [5, 5.41) is 0. The Morgan fingerprint density at radius 2 is 1.29 bits per heavy atom. The summed E-state index contributed by atoms with van der Waals surface area (Å²) in [6.07, 6.45) is 0. The number of carbonyl (C=O) groups excluding carboxylic acids is 2. The van der Waals surface area contributed by atoms with Gasteiger partial charge in [0.2, 0.25) is 0 Å². The molecule has 0 saturated carbocycles. The van der Waals surface area contributed by atoms with E-state index in [-0.39, 0.29) is 11.6 Å². The smallest absolute Gasteiger partial charge is 0.194 e. The lowest BCUT2D eigenvalue weighted by atomic mass is 9.77. The quantitative estimate of drug-likeness (QED) is 0.532. The number of hydrogen-bond donors (Lipinski definition) is 0. The van der Waals surface area contributed by atoms with E-state index in [1.807, 2.05) is 0 Å². The molecule has 0 heterocycles. The van der Waals surface area contributed by atoms with E-state index in [0.717, 1.165) is 0 Å². The maximum absolute atomic E-state index is 12.2. The first-order valence-electron chi connectivity index (χ1n) is 5.27. The van der Waals surface area contributed by atoms with Crippen LogP contribution in [-0.4, -0.2) is 19.4 Å². The third-order valence-corrected chi connectivity index (χ3v) is 2.98. The fraction of sp³-hybridized carbons (Fsp3) is 0. The van der Waals surface area contributed by atoms with E-state index in [9.17, 15) is 9.59 Å². The maximum Gasteiger partial charge on any atom is 0.194 e. The van der Waals surface area contributed by atoms with Gasteiger partial charge in [-0.2, -0.15) is 0 Å². The van der Waals surface area contributed by atoms with E-state index < -0.39 is 0 Å². The largest absolute Gasteiger partial charge is 0.289 e. The van der Waals surface area contributed by atoms with Crippen molar-refractivity contribution >= 4 is 24.9 Å². The minimum absolute atomic E-state index is 0.137. The number of fused-ring (bicyclic) bond motifs is 2. The molecule has 0 N–H and O–H groups in total. The van der Waals surface area contributed by atoms with Gasteiger partial charge in [-0.25, -0.2) is 0 Å². The number of benzene rings is 2. The van der Waals surface area contributed by atoms with Crippen LogP contribution < -0.4 is 5.46 Å². The van der Waals surface area contributed by atoms with Gasteiger partial charge in [0.25, 0.3) is 0 Å². The third-order valence-electron chi connectivity index (χ3n) is 2.98. The Hall–Kier alpha value is -2.16. The average Bonchev–Trinajstić information content (AvgIpc) is 2.36. The number of ketones is 2. The molecule has 0 aromatic heterocycles. The highest BCUT2D eigenvalue weighted by atomic mass is 16.1. The minimum Gasteiger partial charge on any atom is -0.289 e. The van der Waals surface area contributed by atoms with Crippen molar-refractivity contribution in [1.82, 2.24) is 0 Å². The zero-order valence-corrected chi connectivity index (χ0v) is 8.94. The van der Waals surface area contributed by atoms with Crippen molar-refractivity contribution in [2.24, 2.45) is 0 Å².